The van der Waals surface area contributed by atoms with Crippen molar-refractivity contribution in [1.29, 1.82) is 0 Å². The molecule has 0 aromatic rings. The first-order chi connectivity index (χ1) is 4.81. The largest absolute Gasteiger partial charge is 0.381 e. The van der Waals surface area contributed by atoms with Gasteiger partial charge in [0.2, 0.25) is 0 Å². The summed E-state index contributed by atoms with van der Waals surface area (Å²) >= 11 is 0. The number of carbonyl (C=O) groups excluding carboxylic acids is 1. The highest BCUT2D eigenvalue weighted by Gasteiger charge is 1.97. The van der Waals surface area contributed by atoms with Crippen LogP contribution in [0.5, 0.6) is 0 Å². The molecule has 0 bridgehead atoms. The third-order valence-electron chi connectivity index (χ3n) is 1.26. The summed E-state index contributed by atoms with van der Waals surface area (Å²) in [5, 5.41) is 0. The fourth-order valence-corrected chi connectivity index (χ4v) is 0.734. The molecule has 0 atom stereocenters. The van der Waals surface area contributed by atoms with Crippen LogP contribution in [-0.2, 0) is 9.53 Å². The summed E-state index contributed by atoms with van der Waals surface area (Å²) in [4.78, 5) is 10.8. The number of hydrogen-bond donors (Lipinski definition) is 0. The molecule has 0 saturated heterocycles. The molecule has 0 heterocycles. The summed E-state index contributed by atoms with van der Waals surface area (Å²) < 4.78 is 5.03. The lowest BCUT2D eigenvalue weighted by molar-refractivity contribution is -0.120. The normalized spacial score (nSPS) is 9.80. The molecule has 0 amide bonds. The average Bonchev–Trinajstić information content (AvgIpc) is 1.89. The van der Waals surface area contributed by atoms with Gasteiger partial charge in [0, 0.05) is 19.4 Å². The third-order valence-corrected chi connectivity index (χ3v) is 1.26. The molecule has 0 aromatic carbocycles. The number of Topliss-reactive ketones (excluding diaryl/α,β-unsaturated/α-hetero) is 1. The van der Waals surface area contributed by atoms with Crippen molar-refractivity contribution in [3.63, 3.8) is 0 Å². The molecule has 0 aliphatic rings. The quantitative estimate of drug-likeness (QED) is 0.531. The van der Waals surface area contributed by atoms with E-state index in [1.54, 1.807) is 0 Å². The van der Waals surface area contributed by atoms with Gasteiger partial charge in [-0.05, 0) is 13.3 Å². The van der Waals surface area contributed by atoms with Crippen LogP contribution in [0.25, 0.3) is 0 Å². The van der Waals surface area contributed by atoms with Crippen molar-refractivity contribution in [2.75, 3.05) is 13.2 Å². The number of hydrogen-bond acceptors (Lipinski definition) is 2. The smallest absolute Gasteiger partial charge is 0.135 e. The molecule has 0 N–H and O–H groups in total. The van der Waals surface area contributed by atoms with Crippen LogP contribution in [0, 0.1) is 0 Å². The minimum Gasteiger partial charge on any atom is -0.381 e. The Morgan fingerprint density at radius 1 is 1.30 bits per heavy atom. The molecule has 10 heavy (non-hydrogen) atoms. The molecule has 2 nitrogen and oxygen atoms in total. The highest BCUT2D eigenvalue weighted by Crippen LogP contribution is 1.93. The van der Waals surface area contributed by atoms with Crippen LogP contribution >= 0.6 is 0 Å². The van der Waals surface area contributed by atoms with Crippen LogP contribution in [0.1, 0.15) is 33.1 Å². The van der Waals surface area contributed by atoms with Crippen LogP contribution in [0.3, 0.4) is 0 Å². The summed E-state index contributed by atoms with van der Waals surface area (Å²) in [5.41, 5.74) is 0. The van der Waals surface area contributed by atoms with E-state index in [9.17, 15) is 4.79 Å². The van der Waals surface area contributed by atoms with E-state index < -0.39 is 0 Å². The fraction of sp³-hybridized carbons (Fsp3) is 0.875. The van der Waals surface area contributed by atoms with Crippen molar-refractivity contribution in [3.05, 3.63) is 0 Å². The zero-order valence-corrected chi connectivity index (χ0v) is 6.85. The lowest BCUT2D eigenvalue weighted by Crippen LogP contribution is -2.03. The standard InChI is InChI=1S/C8H16O2/c1-3-5-8(9)6-7-10-4-2/h3-7H2,1-2H3. The Labute approximate surface area is 62.6 Å². The maximum absolute atomic E-state index is 10.8. The lowest BCUT2D eigenvalue weighted by atomic mass is 10.2. The van der Waals surface area contributed by atoms with E-state index in [2.05, 4.69) is 0 Å². The van der Waals surface area contributed by atoms with Crippen LogP contribution < -0.4 is 0 Å². The van der Waals surface area contributed by atoms with Gasteiger partial charge in [-0.25, -0.2) is 0 Å². The van der Waals surface area contributed by atoms with Crippen molar-refractivity contribution in [3.8, 4) is 0 Å². The average molecular weight is 144 g/mol. The predicted octanol–water partition coefficient (Wildman–Crippen LogP) is 1.78. The predicted molar refractivity (Wildman–Crippen MR) is 41.0 cm³/mol. The second kappa shape index (κ2) is 6.75. The molecule has 60 valence electrons. The monoisotopic (exact) mass is 144 g/mol. The molecule has 2 heteroatoms. The second-order valence-corrected chi connectivity index (χ2v) is 2.24. The van der Waals surface area contributed by atoms with E-state index in [1.165, 1.54) is 0 Å². The summed E-state index contributed by atoms with van der Waals surface area (Å²) in [6.45, 7) is 5.25. The van der Waals surface area contributed by atoms with Crippen molar-refractivity contribution < 1.29 is 9.53 Å². The SMILES string of the molecule is CCCC(=O)CCOCC. The molecule has 0 spiro atoms. The van der Waals surface area contributed by atoms with Gasteiger partial charge in [0.1, 0.15) is 5.78 Å². The number of carbonyl (C=O) groups is 1. The van der Waals surface area contributed by atoms with E-state index in [4.69, 9.17) is 4.74 Å². The molecule has 0 saturated carbocycles. The van der Waals surface area contributed by atoms with Gasteiger partial charge in [0.15, 0.2) is 0 Å². The highest BCUT2D eigenvalue weighted by molar-refractivity contribution is 5.78. The van der Waals surface area contributed by atoms with E-state index in [1.807, 2.05) is 13.8 Å². The maximum atomic E-state index is 10.8. The van der Waals surface area contributed by atoms with Crippen molar-refractivity contribution in [2.24, 2.45) is 0 Å². The van der Waals surface area contributed by atoms with Gasteiger partial charge >= 0.3 is 0 Å². The first kappa shape index (κ1) is 9.63. The van der Waals surface area contributed by atoms with E-state index in [0.29, 0.717) is 31.8 Å². The minimum absolute atomic E-state index is 0.316. The van der Waals surface area contributed by atoms with Crippen LogP contribution in [0.4, 0.5) is 0 Å². The molecular weight excluding hydrogens is 128 g/mol. The molecule has 0 aliphatic heterocycles. The molecule has 0 unspecified atom stereocenters. The van der Waals surface area contributed by atoms with Gasteiger partial charge < -0.3 is 4.74 Å². The van der Waals surface area contributed by atoms with Gasteiger partial charge in [0.25, 0.3) is 0 Å². The first-order valence-electron chi connectivity index (χ1n) is 3.90. The summed E-state index contributed by atoms with van der Waals surface area (Å²) in [5.74, 6) is 0.316. The number of ether oxygens (including phenoxy) is 1. The molecular formula is C8H16O2. The third kappa shape index (κ3) is 5.76. The van der Waals surface area contributed by atoms with Crippen LogP contribution in [0.15, 0.2) is 0 Å². The number of rotatable bonds is 6. The van der Waals surface area contributed by atoms with Gasteiger partial charge in [-0.3, -0.25) is 4.79 Å². The Kier molecular flexibility index (Phi) is 6.50. The highest BCUT2D eigenvalue weighted by atomic mass is 16.5. The zero-order valence-electron chi connectivity index (χ0n) is 6.85. The summed E-state index contributed by atoms with van der Waals surface area (Å²) in [6, 6.07) is 0. The Morgan fingerprint density at radius 3 is 2.50 bits per heavy atom. The van der Waals surface area contributed by atoms with E-state index in [-0.39, 0.29) is 0 Å². The number of ketones is 1. The second-order valence-electron chi connectivity index (χ2n) is 2.24. The lowest BCUT2D eigenvalue weighted by Gasteiger charge is -1.98. The fourth-order valence-electron chi connectivity index (χ4n) is 0.734. The van der Waals surface area contributed by atoms with E-state index in [0.717, 1.165) is 6.42 Å². The minimum atomic E-state index is 0.316. The van der Waals surface area contributed by atoms with Gasteiger partial charge in [0.05, 0.1) is 6.61 Å². The summed E-state index contributed by atoms with van der Waals surface area (Å²) in [6.07, 6.45) is 2.24. The van der Waals surface area contributed by atoms with Crippen LogP contribution in [0.2, 0.25) is 0 Å². The van der Waals surface area contributed by atoms with Gasteiger partial charge in [-0.2, -0.15) is 0 Å². The Morgan fingerprint density at radius 2 is 2.00 bits per heavy atom. The van der Waals surface area contributed by atoms with Gasteiger partial charge in [-0.15, -0.1) is 0 Å². The molecule has 0 aromatic heterocycles. The molecule has 0 radical (unpaired) electrons. The van der Waals surface area contributed by atoms with Crippen molar-refractivity contribution in [2.45, 2.75) is 33.1 Å². The molecule has 0 rings (SSSR count). The van der Waals surface area contributed by atoms with Crippen molar-refractivity contribution in [1.82, 2.24) is 0 Å². The Bertz CT molecular complexity index is 89.3. The maximum Gasteiger partial charge on any atom is 0.135 e. The zero-order chi connectivity index (χ0) is 7.82. The summed E-state index contributed by atoms with van der Waals surface area (Å²) in [7, 11) is 0. The molecule has 0 aliphatic carbocycles. The Balaban J connectivity index is 3.05. The van der Waals surface area contributed by atoms with Crippen LogP contribution in [-0.4, -0.2) is 19.0 Å². The van der Waals surface area contributed by atoms with E-state index >= 15 is 0 Å². The molecule has 0 fully saturated rings. The van der Waals surface area contributed by atoms with Gasteiger partial charge in [-0.1, -0.05) is 6.92 Å². The first-order valence-corrected chi connectivity index (χ1v) is 3.90. The van der Waals surface area contributed by atoms with Crippen molar-refractivity contribution >= 4 is 5.78 Å². The Hall–Kier alpha value is -0.370. The topological polar surface area (TPSA) is 26.3 Å².